The number of nitrogens with zero attached hydrogens (tertiary/aromatic N) is 1. The first-order valence-electron chi connectivity index (χ1n) is 6.14. The average molecular weight is 278 g/mol. The minimum atomic E-state index is -4.32. The van der Waals surface area contributed by atoms with E-state index in [1.165, 1.54) is 6.20 Å². The van der Waals surface area contributed by atoms with E-state index in [2.05, 4.69) is 4.98 Å². The van der Waals surface area contributed by atoms with Crippen molar-refractivity contribution in [2.24, 2.45) is 0 Å². The van der Waals surface area contributed by atoms with E-state index in [0.29, 0.717) is 5.56 Å². The van der Waals surface area contributed by atoms with Gasteiger partial charge in [0.1, 0.15) is 0 Å². The minimum absolute atomic E-state index is 0.00718. The van der Waals surface area contributed by atoms with E-state index >= 15 is 0 Å². The third-order valence-corrected chi connectivity index (χ3v) is 3.75. The number of alkyl halides is 4. The molecule has 0 spiro atoms. The number of aromatic nitrogens is 1. The lowest BCUT2D eigenvalue weighted by Gasteiger charge is -2.25. The fraction of sp³-hybridized carbons (Fsp3) is 0.615. The number of halogens is 4. The molecule has 1 aliphatic rings. The van der Waals surface area contributed by atoms with Gasteiger partial charge in [-0.25, -0.2) is 0 Å². The van der Waals surface area contributed by atoms with Gasteiger partial charge in [0.15, 0.2) is 0 Å². The molecule has 2 rings (SSSR count). The number of rotatable bonds is 2. The lowest BCUT2D eigenvalue weighted by Crippen LogP contribution is -2.15. The van der Waals surface area contributed by atoms with Gasteiger partial charge in [0, 0.05) is 6.20 Å². The summed E-state index contributed by atoms with van der Waals surface area (Å²) in [5.74, 6) is 0.000788. The van der Waals surface area contributed by atoms with Crippen molar-refractivity contribution in [2.45, 2.75) is 50.1 Å². The van der Waals surface area contributed by atoms with Gasteiger partial charge < -0.3 is 0 Å². The Kier molecular flexibility index (Phi) is 4.15. The molecule has 0 amide bonds. The third-order valence-electron chi connectivity index (χ3n) is 3.48. The fourth-order valence-corrected chi connectivity index (χ4v) is 2.71. The molecule has 18 heavy (non-hydrogen) atoms. The van der Waals surface area contributed by atoms with Crippen LogP contribution in [-0.4, -0.2) is 4.98 Å². The van der Waals surface area contributed by atoms with Gasteiger partial charge in [0.25, 0.3) is 0 Å². The molecule has 0 unspecified atom stereocenters. The molecule has 1 aromatic rings. The second-order valence-electron chi connectivity index (χ2n) is 4.73. The Morgan fingerprint density at radius 3 is 2.44 bits per heavy atom. The molecule has 0 N–H and O–H groups in total. The Hall–Kier alpha value is -0.770. The highest BCUT2D eigenvalue weighted by Crippen LogP contribution is 2.40. The molecular weight excluding hydrogens is 263 g/mol. The van der Waals surface area contributed by atoms with E-state index < -0.39 is 11.7 Å². The zero-order valence-corrected chi connectivity index (χ0v) is 10.7. The maximum atomic E-state index is 13.0. The van der Waals surface area contributed by atoms with E-state index in [0.717, 1.165) is 38.2 Å². The van der Waals surface area contributed by atoms with Gasteiger partial charge in [0.05, 0.1) is 17.1 Å². The van der Waals surface area contributed by atoms with E-state index in [-0.39, 0.29) is 17.5 Å². The van der Waals surface area contributed by atoms with Crippen molar-refractivity contribution in [3.05, 3.63) is 29.1 Å². The molecule has 5 heteroatoms. The average Bonchev–Trinajstić information content (AvgIpc) is 2.38. The summed E-state index contributed by atoms with van der Waals surface area (Å²) in [5.41, 5.74) is 0.0691. The van der Waals surface area contributed by atoms with Crippen molar-refractivity contribution in [1.82, 2.24) is 4.98 Å². The predicted octanol–water partition coefficient (Wildman–Crippen LogP) is 4.89. The van der Waals surface area contributed by atoms with Gasteiger partial charge in [0.2, 0.25) is 0 Å². The largest absolute Gasteiger partial charge is 0.416 e. The molecule has 0 bridgehead atoms. The van der Waals surface area contributed by atoms with Gasteiger partial charge >= 0.3 is 6.18 Å². The van der Waals surface area contributed by atoms with E-state index in [1.807, 2.05) is 0 Å². The maximum Gasteiger partial charge on any atom is 0.416 e. The van der Waals surface area contributed by atoms with Crippen molar-refractivity contribution in [3.8, 4) is 0 Å². The maximum absolute atomic E-state index is 13.0. The van der Waals surface area contributed by atoms with Crippen LogP contribution in [0.15, 0.2) is 12.3 Å². The molecule has 1 aliphatic carbocycles. The molecule has 0 saturated heterocycles. The molecule has 100 valence electrons. The monoisotopic (exact) mass is 277 g/mol. The van der Waals surface area contributed by atoms with Gasteiger partial charge in [-0.3, -0.25) is 4.98 Å². The SMILES string of the molecule is FC(F)(F)c1cc(CCl)ncc1C1CCCCC1. The van der Waals surface area contributed by atoms with Crippen molar-refractivity contribution in [2.75, 3.05) is 0 Å². The smallest absolute Gasteiger partial charge is 0.260 e. The summed E-state index contributed by atoms with van der Waals surface area (Å²) in [6.07, 6.45) is 1.81. The van der Waals surface area contributed by atoms with Crippen LogP contribution in [0, 0.1) is 0 Å². The second kappa shape index (κ2) is 5.47. The minimum Gasteiger partial charge on any atom is -0.260 e. The molecular formula is C13H15ClF3N. The molecule has 1 saturated carbocycles. The normalized spacial score (nSPS) is 18.0. The zero-order chi connectivity index (χ0) is 13.2. The number of hydrogen-bond donors (Lipinski definition) is 0. The Morgan fingerprint density at radius 2 is 1.89 bits per heavy atom. The van der Waals surface area contributed by atoms with E-state index in [1.54, 1.807) is 0 Å². The first-order valence-corrected chi connectivity index (χ1v) is 6.68. The highest BCUT2D eigenvalue weighted by Gasteiger charge is 2.36. The van der Waals surface area contributed by atoms with Crippen LogP contribution >= 0.6 is 11.6 Å². The highest BCUT2D eigenvalue weighted by atomic mass is 35.5. The van der Waals surface area contributed by atoms with Crippen LogP contribution in [0.1, 0.15) is 54.8 Å². The van der Waals surface area contributed by atoms with E-state index in [4.69, 9.17) is 11.6 Å². The molecule has 0 aliphatic heterocycles. The summed E-state index contributed by atoms with van der Waals surface area (Å²) in [5, 5.41) is 0. The number of hydrogen-bond acceptors (Lipinski definition) is 1. The van der Waals surface area contributed by atoms with Crippen LogP contribution in [-0.2, 0) is 12.1 Å². The Bertz CT molecular complexity index is 411. The molecule has 1 aromatic heterocycles. The summed E-state index contributed by atoms with van der Waals surface area (Å²) in [7, 11) is 0. The Labute approximate surface area is 109 Å². The molecule has 1 fully saturated rings. The van der Waals surface area contributed by atoms with Crippen molar-refractivity contribution in [3.63, 3.8) is 0 Å². The van der Waals surface area contributed by atoms with Gasteiger partial charge in [-0.1, -0.05) is 19.3 Å². The van der Waals surface area contributed by atoms with E-state index in [9.17, 15) is 13.2 Å². The lowest BCUT2D eigenvalue weighted by atomic mass is 9.82. The summed E-state index contributed by atoms with van der Waals surface area (Å²) < 4.78 is 39.1. The topological polar surface area (TPSA) is 12.9 Å². The first-order chi connectivity index (χ1) is 8.52. The third kappa shape index (κ3) is 2.97. The highest BCUT2D eigenvalue weighted by molar-refractivity contribution is 6.16. The van der Waals surface area contributed by atoms with Crippen LogP contribution < -0.4 is 0 Å². The van der Waals surface area contributed by atoms with Crippen LogP contribution in [0.2, 0.25) is 0 Å². The summed E-state index contributed by atoms with van der Waals surface area (Å²) in [6, 6.07) is 1.09. The van der Waals surface area contributed by atoms with Gasteiger partial charge in [-0.05, 0) is 30.4 Å². The standard InChI is InChI=1S/C13H15ClF3N/c14-7-10-6-12(13(15,16)17)11(8-18-10)9-4-2-1-3-5-9/h6,8-9H,1-5,7H2. The summed E-state index contributed by atoms with van der Waals surface area (Å²) in [6.45, 7) is 0. The fourth-order valence-electron chi connectivity index (χ4n) is 2.57. The summed E-state index contributed by atoms with van der Waals surface area (Å²) >= 11 is 5.56. The van der Waals surface area contributed by atoms with Crippen molar-refractivity contribution >= 4 is 11.6 Å². The molecule has 1 nitrogen and oxygen atoms in total. The predicted molar refractivity (Wildman–Crippen MR) is 64.6 cm³/mol. The van der Waals surface area contributed by atoms with Gasteiger partial charge in [-0.2, -0.15) is 13.2 Å². The van der Waals surface area contributed by atoms with Gasteiger partial charge in [-0.15, -0.1) is 11.6 Å². The Morgan fingerprint density at radius 1 is 1.22 bits per heavy atom. The zero-order valence-electron chi connectivity index (χ0n) is 9.93. The number of pyridine rings is 1. The lowest BCUT2D eigenvalue weighted by molar-refractivity contribution is -0.138. The summed E-state index contributed by atoms with van der Waals surface area (Å²) in [4.78, 5) is 4.01. The quantitative estimate of drug-likeness (QED) is 0.702. The Balaban J connectivity index is 2.38. The van der Waals surface area contributed by atoms with Crippen LogP contribution in [0.5, 0.6) is 0 Å². The van der Waals surface area contributed by atoms with Crippen LogP contribution in [0.4, 0.5) is 13.2 Å². The molecule has 0 radical (unpaired) electrons. The van der Waals surface area contributed by atoms with Crippen LogP contribution in [0.3, 0.4) is 0 Å². The van der Waals surface area contributed by atoms with Crippen LogP contribution in [0.25, 0.3) is 0 Å². The molecule has 0 aromatic carbocycles. The molecule has 0 atom stereocenters. The van der Waals surface area contributed by atoms with Crippen molar-refractivity contribution < 1.29 is 13.2 Å². The first kappa shape index (κ1) is 13.7. The second-order valence-corrected chi connectivity index (χ2v) is 5.00. The molecule has 1 heterocycles. The van der Waals surface area contributed by atoms with Crippen molar-refractivity contribution in [1.29, 1.82) is 0 Å².